The molecule has 1 aliphatic heterocycles. The van der Waals surface area contributed by atoms with Crippen molar-refractivity contribution < 1.29 is 37.4 Å². The number of carbonyl (C=O) groups is 3. The summed E-state index contributed by atoms with van der Waals surface area (Å²) in [6, 6.07) is 14.8. The Balaban J connectivity index is 0.000000567. The molecular formula is C29H30ClF3N4O5S. The molecule has 0 bridgehead atoms. The molecule has 43 heavy (non-hydrogen) atoms. The number of nitrogens with one attached hydrogen (secondary N) is 1. The van der Waals surface area contributed by atoms with E-state index in [1.807, 2.05) is 47.9 Å². The molecule has 5 rings (SSSR count). The number of fused-ring (bicyclic) bond motifs is 1. The molecule has 2 aromatic carbocycles. The Kier molecular flexibility index (Phi) is 10.9. The van der Waals surface area contributed by atoms with E-state index in [1.165, 1.54) is 11.3 Å². The van der Waals surface area contributed by atoms with Gasteiger partial charge in [-0.2, -0.15) is 13.2 Å². The van der Waals surface area contributed by atoms with Crippen molar-refractivity contribution in [2.24, 2.45) is 11.7 Å². The number of carboxylic acids is 1. The minimum Gasteiger partial charge on any atom is -0.484 e. The molecule has 14 heteroatoms. The van der Waals surface area contributed by atoms with Gasteiger partial charge in [0.15, 0.2) is 5.78 Å². The number of ether oxygens (including phenoxy) is 1. The minimum atomic E-state index is -5.08. The molecule has 1 amide bonds. The summed E-state index contributed by atoms with van der Waals surface area (Å²) in [5.41, 5.74) is 8.70. The number of halogens is 4. The van der Waals surface area contributed by atoms with Crippen LogP contribution in [0.4, 0.5) is 13.2 Å². The van der Waals surface area contributed by atoms with Gasteiger partial charge in [0, 0.05) is 28.1 Å². The number of hydrogen-bond acceptors (Lipinski definition) is 7. The van der Waals surface area contributed by atoms with Crippen LogP contribution in [0.1, 0.15) is 58.9 Å². The Bertz CT molecular complexity index is 1620. The summed E-state index contributed by atoms with van der Waals surface area (Å²) in [5.74, 6) is -2.77. The summed E-state index contributed by atoms with van der Waals surface area (Å²) in [5, 5.41) is 11.7. The Morgan fingerprint density at radius 2 is 1.81 bits per heavy atom. The van der Waals surface area contributed by atoms with E-state index in [0.29, 0.717) is 26.2 Å². The molecular weight excluding hydrogens is 609 g/mol. The van der Waals surface area contributed by atoms with E-state index in [0.717, 1.165) is 42.5 Å². The fraction of sp³-hybridized carbons (Fsp3) is 0.310. The van der Waals surface area contributed by atoms with Crippen LogP contribution in [-0.4, -0.2) is 51.6 Å². The number of carboxylic acid groups (broad SMARTS) is 1. The first-order chi connectivity index (χ1) is 19.9. The maximum Gasteiger partial charge on any atom is 0.490 e. The summed E-state index contributed by atoms with van der Waals surface area (Å²) >= 11 is 7.54. The third kappa shape index (κ3) is 7.92. The number of piperidine rings is 1. The number of carbonyl (C=O) groups excluding carboxylic acids is 2. The Labute approximate surface area is 254 Å². The van der Waals surface area contributed by atoms with Crippen LogP contribution in [0.5, 0.6) is 5.75 Å². The third-order valence-corrected chi connectivity index (χ3v) is 8.05. The van der Waals surface area contributed by atoms with Gasteiger partial charge in [-0.3, -0.25) is 14.2 Å². The van der Waals surface area contributed by atoms with Gasteiger partial charge in [-0.05, 0) is 57.1 Å². The highest BCUT2D eigenvalue weighted by Crippen LogP contribution is 2.37. The molecule has 0 radical (unpaired) electrons. The van der Waals surface area contributed by atoms with Crippen LogP contribution < -0.4 is 15.8 Å². The number of imidazole rings is 1. The molecule has 1 saturated heterocycles. The Morgan fingerprint density at radius 3 is 2.42 bits per heavy atom. The summed E-state index contributed by atoms with van der Waals surface area (Å²) < 4.78 is 39.7. The molecule has 0 spiro atoms. The number of nitrogens with two attached hydrogens (primary N) is 1. The van der Waals surface area contributed by atoms with E-state index < -0.39 is 24.2 Å². The summed E-state index contributed by atoms with van der Waals surface area (Å²) in [6.07, 6.45) is -2.11. The van der Waals surface area contributed by atoms with E-state index >= 15 is 0 Å². The SMILES string of the molecule is C.C[C@@H](Oc1cc(-n2cnc3ccc(C(=O)C4CCNCC4)cc32)sc1C(N)=O)c1ccccc1Cl.O=C(O)C(F)(F)F. The monoisotopic (exact) mass is 638 g/mol. The van der Waals surface area contributed by atoms with Crippen LogP contribution in [0, 0.1) is 5.92 Å². The van der Waals surface area contributed by atoms with Crippen LogP contribution in [0.25, 0.3) is 16.0 Å². The lowest BCUT2D eigenvalue weighted by Crippen LogP contribution is -2.31. The number of rotatable bonds is 7. The molecule has 0 aliphatic carbocycles. The van der Waals surface area contributed by atoms with Crippen molar-refractivity contribution in [3.05, 3.63) is 75.9 Å². The first-order valence-electron chi connectivity index (χ1n) is 12.7. The zero-order valence-corrected chi connectivity index (χ0v) is 23.7. The molecule has 230 valence electrons. The molecule has 4 N–H and O–H groups in total. The third-order valence-electron chi connectivity index (χ3n) is 6.58. The topological polar surface area (TPSA) is 137 Å². The fourth-order valence-electron chi connectivity index (χ4n) is 4.46. The van der Waals surface area contributed by atoms with Crippen molar-refractivity contribution in [3.8, 4) is 10.8 Å². The number of aromatic nitrogens is 2. The van der Waals surface area contributed by atoms with Crippen molar-refractivity contribution in [1.29, 1.82) is 0 Å². The van der Waals surface area contributed by atoms with Gasteiger partial charge < -0.3 is 20.9 Å². The lowest BCUT2D eigenvalue weighted by molar-refractivity contribution is -0.192. The second kappa shape index (κ2) is 14.0. The average Bonchev–Trinajstić information content (AvgIpc) is 3.57. The normalized spacial score (nSPS) is 14.3. The minimum absolute atomic E-state index is 0. The number of primary amides is 1. The predicted octanol–water partition coefficient (Wildman–Crippen LogP) is 6.43. The number of ketones is 1. The standard InChI is InChI=1S/C26H25ClN4O3S.C2HF3O2.CH4/c1-15(18-4-2-3-5-19(18)27)34-22-13-23(35-25(22)26(28)33)31-14-30-20-7-6-17(12-21(20)31)24(32)16-8-10-29-11-9-16;3-2(4,5)1(6)7;/h2-7,12-16,29H,8-11H2,1H3,(H2,28,33);(H,6,7);1H4/t15-;;/m1../s1. The molecule has 2 aromatic heterocycles. The van der Waals surface area contributed by atoms with Crippen molar-refractivity contribution in [3.63, 3.8) is 0 Å². The van der Waals surface area contributed by atoms with Crippen LogP contribution in [0.2, 0.25) is 5.02 Å². The summed E-state index contributed by atoms with van der Waals surface area (Å²) in [6.45, 7) is 3.59. The molecule has 9 nitrogen and oxygen atoms in total. The molecule has 0 saturated carbocycles. The number of Topliss-reactive ketones (excluding diaryl/α,β-unsaturated/α-hetero) is 1. The van der Waals surface area contributed by atoms with E-state index in [9.17, 15) is 22.8 Å². The quantitative estimate of drug-likeness (QED) is 0.198. The predicted molar refractivity (Wildman–Crippen MR) is 158 cm³/mol. The highest BCUT2D eigenvalue weighted by Gasteiger charge is 2.38. The van der Waals surface area contributed by atoms with Gasteiger partial charge in [-0.15, -0.1) is 11.3 Å². The number of benzene rings is 2. The van der Waals surface area contributed by atoms with Crippen molar-refractivity contribution >= 4 is 51.6 Å². The highest BCUT2D eigenvalue weighted by atomic mass is 35.5. The average molecular weight is 639 g/mol. The molecule has 3 heterocycles. The van der Waals surface area contributed by atoms with Crippen molar-refractivity contribution in [2.75, 3.05) is 13.1 Å². The highest BCUT2D eigenvalue weighted by molar-refractivity contribution is 7.16. The van der Waals surface area contributed by atoms with Crippen LogP contribution in [0.15, 0.2) is 54.9 Å². The lowest BCUT2D eigenvalue weighted by atomic mass is 9.89. The zero-order chi connectivity index (χ0) is 30.6. The van der Waals surface area contributed by atoms with Gasteiger partial charge >= 0.3 is 12.1 Å². The molecule has 1 fully saturated rings. The molecule has 0 unspecified atom stereocenters. The number of hydrogen-bond donors (Lipinski definition) is 3. The Morgan fingerprint density at radius 1 is 1.16 bits per heavy atom. The number of alkyl halides is 3. The van der Waals surface area contributed by atoms with Crippen molar-refractivity contribution in [1.82, 2.24) is 14.9 Å². The van der Waals surface area contributed by atoms with Gasteiger partial charge in [0.1, 0.15) is 28.1 Å². The molecule has 1 atom stereocenters. The summed E-state index contributed by atoms with van der Waals surface area (Å²) in [7, 11) is 0. The van der Waals surface area contributed by atoms with Crippen LogP contribution in [-0.2, 0) is 4.79 Å². The zero-order valence-electron chi connectivity index (χ0n) is 22.2. The van der Waals surface area contributed by atoms with Gasteiger partial charge in [0.25, 0.3) is 5.91 Å². The largest absolute Gasteiger partial charge is 0.490 e. The first kappa shape index (κ1) is 33.6. The maximum absolute atomic E-state index is 13.1. The molecule has 1 aliphatic rings. The number of thiophene rings is 1. The van der Waals surface area contributed by atoms with Gasteiger partial charge in [0.2, 0.25) is 0 Å². The summed E-state index contributed by atoms with van der Waals surface area (Å²) in [4.78, 5) is 39.0. The number of nitrogens with zero attached hydrogens (tertiary/aromatic N) is 2. The van der Waals surface area contributed by atoms with E-state index in [-0.39, 0.29) is 19.1 Å². The van der Waals surface area contributed by atoms with Crippen molar-refractivity contribution in [2.45, 2.75) is 39.5 Å². The molecule has 4 aromatic rings. The van der Waals surface area contributed by atoms with E-state index in [4.69, 9.17) is 32.0 Å². The Hall–Kier alpha value is -3.94. The van der Waals surface area contributed by atoms with E-state index in [1.54, 1.807) is 18.5 Å². The van der Waals surface area contributed by atoms with Crippen LogP contribution in [0.3, 0.4) is 0 Å². The maximum atomic E-state index is 13.1. The smallest absolute Gasteiger partial charge is 0.484 e. The van der Waals surface area contributed by atoms with Gasteiger partial charge in [-0.1, -0.05) is 37.2 Å². The van der Waals surface area contributed by atoms with Gasteiger partial charge in [-0.25, -0.2) is 9.78 Å². The number of aliphatic carboxylic acids is 1. The number of amides is 1. The van der Waals surface area contributed by atoms with E-state index in [2.05, 4.69) is 10.3 Å². The lowest BCUT2D eigenvalue weighted by Gasteiger charge is -2.21. The van der Waals surface area contributed by atoms with Gasteiger partial charge in [0.05, 0.1) is 11.0 Å². The fourth-order valence-corrected chi connectivity index (χ4v) is 5.67. The van der Waals surface area contributed by atoms with Crippen LogP contribution >= 0.6 is 22.9 Å². The first-order valence-corrected chi connectivity index (χ1v) is 13.9. The second-order valence-corrected chi connectivity index (χ2v) is 10.9. The second-order valence-electron chi connectivity index (χ2n) is 9.43.